The molecule has 21 heavy (non-hydrogen) atoms. The van der Waals surface area contributed by atoms with Crippen LogP contribution in [0.25, 0.3) is 0 Å². The van der Waals surface area contributed by atoms with Crippen LogP contribution >= 0.6 is 0 Å². The maximum Gasteiger partial charge on any atom is 0.100 e. The molecule has 0 aromatic carbocycles. The van der Waals surface area contributed by atoms with Gasteiger partial charge in [0.15, 0.2) is 0 Å². The molecule has 1 aliphatic heterocycles. The van der Waals surface area contributed by atoms with Gasteiger partial charge in [-0.25, -0.2) is 0 Å². The van der Waals surface area contributed by atoms with Gasteiger partial charge in [-0.05, 0) is 19.3 Å². The molecule has 1 atom stereocenters. The van der Waals surface area contributed by atoms with Crippen molar-refractivity contribution in [3.8, 4) is 0 Å². The molecule has 0 saturated carbocycles. The topological polar surface area (TPSA) is 6.48 Å². The number of hydrogen-bond acceptors (Lipinski definition) is 2. The molecule has 0 aliphatic carbocycles. The van der Waals surface area contributed by atoms with Crippen LogP contribution in [0, 0.1) is 0 Å². The molecule has 0 saturated heterocycles. The van der Waals surface area contributed by atoms with E-state index in [0.717, 1.165) is 0 Å². The Labute approximate surface area is 133 Å². The third kappa shape index (κ3) is 7.78. The van der Waals surface area contributed by atoms with Gasteiger partial charge in [-0.15, -0.1) is 0 Å². The highest BCUT2D eigenvalue weighted by atomic mass is 15.4. The van der Waals surface area contributed by atoms with E-state index in [2.05, 4.69) is 43.1 Å². The first-order valence-electron chi connectivity index (χ1n) is 9.45. The Hall–Kier alpha value is -0.660. The molecule has 0 aromatic rings. The molecule has 124 valence electrons. The number of unbranched alkanes of at least 4 members (excludes halogenated alkanes) is 9. The average molecular weight is 295 g/mol. The molecule has 2 heteroatoms. The quantitative estimate of drug-likeness (QED) is 0.399. The first-order chi connectivity index (χ1) is 10.3. The van der Waals surface area contributed by atoms with Crippen molar-refractivity contribution in [1.29, 1.82) is 0 Å². The zero-order chi connectivity index (χ0) is 15.3. The van der Waals surface area contributed by atoms with Crippen LogP contribution < -0.4 is 0 Å². The van der Waals surface area contributed by atoms with E-state index in [9.17, 15) is 0 Å². The molecule has 0 fully saturated rings. The van der Waals surface area contributed by atoms with E-state index in [1.54, 1.807) is 0 Å². The molecule has 1 rings (SSSR count). The summed E-state index contributed by atoms with van der Waals surface area (Å²) in [5.41, 5.74) is 0. The van der Waals surface area contributed by atoms with Crippen molar-refractivity contribution in [2.75, 3.05) is 13.6 Å². The lowest BCUT2D eigenvalue weighted by Gasteiger charge is -2.30. The minimum atomic E-state index is 0.627. The van der Waals surface area contributed by atoms with Crippen molar-refractivity contribution in [2.45, 2.75) is 97.1 Å². The fourth-order valence-electron chi connectivity index (χ4n) is 3.22. The monoisotopic (exact) mass is 294 g/mol. The van der Waals surface area contributed by atoms with Crippen LogP contribution in [0.5, 0.6) is 0 Å². The van der Waals surface area contributed by atoms with Crippen molar-refractivity contribution >= 4 is 0 Å². The summed E-state index contributed by atoms with van der Waals surface area (Å²) in [7, 11) is 2.23. The minimum absolute atomic E-state index is 0.627. The molecule has 0 bridgehead atoms. The number of nitrogens with zero attached hydrogens (tertiary/aromatic N) is 2. The fourth-order valence-corrected chi connectivity index (χ4v) is 3.22. The summed E-state index contributed by atoms with van der Waals surface area (Å²) < 4.78 is 0. The third-order valence-corrected chi connectivity index (χ3v) is 4.68. The minimum Gasteiger partial charge on any atom is -0.359 e. The summed E-state index contributed by atoms with van der Waals surface area (Å²) >= 11 is 0. The van der Waals surface area contributed by atoms with Gasteiger partial charge in [0.05, 0.1) is 0 Å². The molecule has 1 heterocycles. The zero-order valence-electron chi connectivity index (χ0n) is 14.8. The second-order valence-electron chi connectivity index (χ2n) is 6.65. The smallest absolute Gasteiger partial charge is 0.100 e. The van der Waals surface area contributed by atoms with Gasteiger partial charge < -0.3 is 9.80 Å². The van der Waals surface area contributed by atoms with Crippen molar-refractivity contribution in [3.63, 3.8) is 0 Å². The van der Waals surface area contributed by atoms with Gasteiger partial charge in [-0.2, -0.15) is 0 Å². The molecule has 0 N–H and O–H groups in total. The summed E-state index contributed by atoms with van der Waals surface area (Å²) in [6.45, 7) is 5.82. The SMILES string of the molecule is CCCCCCCCCN1C=CN(C)C1CCCCCC. The predicted molar refractivity (Wildman–Crippen MR) is 94.1 cm³/mol. The molecule has 0 amide bonds. The average Bonchev–Trinajstić information content (AvgIpc) is 2.83. The fraction of sp³-hybridized carbons (Fsp3) is 0.895. The first kappa shape index (κ1) is 18.4. The van der Waals surface area contributed by atoms with E-state index in [1.165, 1.54) is 83.6 Å². The van der Waals surface area contributed by atoms with Gasteiger partial charge in [0.2, 0.25) is 0 Å². The Balaban J connectivity index is 2.09. The van der Waals surface area contributed by atoms with E-state index in [0.29, 0.717) is 6.17 Å². The standard InChI is InChI=1S/C19H38N2/c1-4-6-8-10-11-12-14-16-21-18-17-20(3)19(21)15-13-9-7-5-2/h17-19H,4-16H2,1-3H3. The molecule has 1 aliphatic rings. The van der Waals surface area contributed by atoms with Crippen molar-refractivity contribution in [3.05, 3.63) is 12.4 Å². The van der Waals surface area contributed by atoms with Gasteiger partial charge in [0.25, 0.3) is 0 Å². The largest absolute Gasteiger partial charge is 0.359 e. The highest BCUT2D eigenvalue weighted by Crippen LogP contribution is 2.21. The van der Waals surface area contributed by atoms with Crippen LogP contribution in [0.1, 0.15) is 90.9 Å². The van der Waals surface area contributed by atoms with Crippen LogP contribution in [-0.4, -0.2) is 29.6 Å². The van der Waals surface area contributed by atoms with Gasteiger partial charge in [0, 0.05) is 26.0 Å². The summed E-state index contributed by atoms with van der Waals surface area (Å²) in [6.07, 6.45) is 21.8. The van der Waals surface area contributed by atoms with Crippen LogP contribution in [-0.2, 0) is 0 Å². The Morgan fingerprint density at radius 1 is 0.714 bits per heavy atom. The Morgan fingerprint density at radius 2 is 1.29 bits per heavy atom. The third-order valence-electron chi connectivity index (χ3n) is 4.68. The highest BCUT2D eigenvalue weighted by molar-refractivity contribution is 4.95. The molecule has 2 nitrogen and oxygen atoms in total. The van der Waals surface area contributed by atoms with Crippen molar-refractivity contribution in [1.82, 2.24) is 9.80 Å². The lowest BCUT2D eigenvalue weighted by molar-refractivity contribution is 0.159. The van der Waals surface area contributed by atoms with Crippen LogP contribution in [0.4, 0.5) is 0 Å². The first-order valence-corrected chi connectivity index (χ1v) is 9.45. The Morgan fingerprint density at radius 3 is 1.95 bits per heavy atom. The normalized spacial score (nSPS) is 18.0. The van der Waals surface area contributed by atoms with E-state index >= 15 is 0 Å². The maximum atomic E-state index is 2.57. The second-order valence-corrected chi connectivity index (χ2v) is 6.65. The van der Waals surface area contributed by atoms with Gasteiger partial charge in [-0.1, -0.05) is 71.6 Å². The summed E-state index contributed by atoms with van der Waals surface area (Å²) in [5, 5.41) is 0. The molecule has 1 unspecified atom stereocenters. The summed E-state index contributed by atoms with van der Waals surface area (Å²) in [4.78, 5) is 4.96. The van der Waals surface area contributed by atoms with Crippen molar-refractivity contribution < 1.29 is 0 Å². The molecular formula is C19H38N2. The van der Waals surface area contributed by atoms with E-state index < -0.39 is 0 Å². The van der Waals surface area contributed by atoms with Crippen LogP contribution in [0.15, 0.2) is 12.4 Å². The zero-order valence-corrected chi connectivity index (χ0v) is 14.8. The second kappa shape index (κ2) is 11.9. The maximum absolute atomic E-state index is 2.57. The van der Waals surface area contributed by atoms with Crippen molar-refractivity contribution in [2.24, 2.45) is 0 Å². The molecule has 0 spiro atoms. The highest BCUT2D eigenvalue weighted by Gasteiger charge is 2.22. The van der Waals surface area contributed by atoms with E-state index in [4.69, 9.17) is 0 Å². The molecule has 0 radical (unpaired) electrons. The number of rotatable bonds is 13. The van der Waals surface area contributed by atoms with Crippen LogP contribution in [0.3, 0.4) is 0 Å². The van der Waals surface area contributed by atoms with E-state index in [-0.39, 0.29) is 0 Å². The lowest BCUT2D eigenvalue weighted by atomic mass is 10.1. The molecule has 0 aromatic heterocycles. The number of hydrogen-bond donors (Lipinski definition) is 0. The van der Waals surface area contributed by atoms with Crippen LogP contribution in [0.2, 0.25) is 0 Å². The summed E-state index contributed by atoms with van der Waals surface area (Å²) in [5.74, 6) is 0. The lowest BCUT2D eigenvalue weighted by Crippen LogP contribution is -2.37. The van der Waals surface area contributed by atoms with Gasteiger partial charge >= 0.3 is 0 Å². The van der Waals surface area contributed by atoms with E-state index in [1.807, 2.05) is 0 Å². The Kier molecular flexibility index (Phi) is 10.5. The Bertz CT molecular complexity index is 262. The molecular weight excluding hydrogens is 256 g/mol. The van der Waals surface area contributed by atoms with Gasteiger partial charge in [-0.3, -0.25) is 0 Å². The van der Waals surface area contributed by atoms with Gasteiger partial charge in [0.1, 0.15) is 6.17 Å². The predicted octanol–water partition coefficient (Wildman–Crippen LogP) is 5.75. The summed E-state index contributed by atoms with van der Waals surface area (Å²) in [6, 6.07) is 0.